The Labute approximate surface area is 75.1 Å². The molecule has 1 saturated heterocycles. The molecule has 1 saturated carbocycles. The lowest BCUT2D eigenvalue weighted by Crippen LogP contribution is -2.53. The minimum absolute atomic E-state index is 0.788. The van der Waals surface area contributed by atoms with Crippen LogP contribution in [-0.4, -0.2) is 25.7 Å². The molecule has 2 nitrogen and oxygen atoms in total. The van der Waals surface area contributed by atoms with Crippen LogP contribution in [0.5, 0.6) is 0 Å². The predicted molar refractivity (Wildman–Crippen MR) is 51.2 cm³/mol. The van der Waals surface area contributed by atoms with Gasteiger partial charge in [0.1, 0.15) is 0 Å². The van der Waals surface area contributed by atoms with Gasteiger partial charge in [-0.25, -0.2) is 0 Å². The number of nitrogens with one attached hydrogen (secondary N) is 2. The SMILES string of the molecule is CN[C@@H]1CCN[C@@H]2CCCC[C@H]12. The van der Waals surface area contributed by atoms with Gasteiger partial charge in [-0.3, -0.25) is 0 Å². The lowest BCUT2D eigenvalue weighted by atomic mass is 9.76. The maximum atomic E-state index is 3.65. The molecular formula is C10H20N2. The molecule has 2 N–H and O–H groups in total. The van der Waals surface area contributed by atoms with Crippen LogP contribution in [0.4, 0.5) is 0 Å². The van der Waals surface area contributed by atoms with Crippen LogP contribution in [-0.2, 0) is 0 Å². The van der Waals surface area contributed by atoms with Gasteiger partial charge in [-0.15, -0.1) is 0 Å². The molecule has 0 aromatic heterocycles. The third kappa shape index (κ3) is 1.50. The van der Waals surface area contributed by atoms with Gasteiger partial charge in [-0.2, -0.15) is 0 Å². The molecule has 0 spiro atoms. The first kappa shape index (κ1) is 8.52. The molecule has 0 aromatic carbocycles. The summed E-state index contributed by atoms with van der Waals surface area (Å²) in [5.41, 5.74) is 0. The van der Waals surface area contributed by atoms with E-state index in [2.05, 4.69) is 17.7 Å². The van der Waals surface area contributed by atoms with Crippen molar-refractivity contribution < 1.29 is 0 Å². The van der Waals surface area contributed by atoms with Gasteiger partial charge in [0.05, 0.1) is 0 Å². The molecule has 2 fully saturated rings. The minimum atomic E-state index is 0.788. The Balaban J connectivity index is 1.99. The van der Waals surface area contributed by atoms with Crippen molar-refractivity contribution in [2.75, 3.05) is 13.6 Å². The van der Waals surface area contributed by atoms with E-state index in [1.807, 2.05) is 0 Å². The van der Waals surface area contributed by atoms with Gasteiger partial charge in [-0.05, 0) is 38.8 Å². The normalized spacial score (nSPS) is 42.2. The molecule has 0 amide bonds. The summed E-state index contributed by atoms with van der Waals surface area (Å²) in [6, 6.07) is 1.61. The summed E-state index contributed by atoms with van der Waals surface area (Å²) < 4.78 is 0. The summed E-state index contributed by atoms with van der Waals surface area (Å²) in [6.45, 7) is 1.21. The van der Waals surface area contributed by atoms with Crippen molar-refractivity contribution >= 4 is 0 Å². The van der Waals surface area contributed by atoms with Crippen molar-refractivity contribution in [1.29, 1.82) is 0 Å². The molecule has 0 unspecified atom stereocenters. The summed E-state index contributed by atoms with van der Waals surface area (Å²) in [5, 5.41) is 7.11. The Morgan fingerprint density at radius 2 is 2.00 bits per heavy atom. The third-order valence-electron chi connectivity index (χ3n) is 3.57. The topological polar surface area (TPSA) is 24.1 Å². The molecule has 2 rings (SSSR count). The molecule has 2 aliphatic rings. The molecule has 0 bridgehead atoms. The van der Waals surface area contributed by atoms with Gasteiger partial charge < -0.3 is 10.6 Å². The maximum Gasteiger partial charge on any atom is 0.0119 e. The molecule has 0 radical (unpaired) electrons. The van der Waals surface area contributed by atoms with E-state index in [9.17, 15) is 0 Å². The van der Waals surface area contributed by atoms with Crippen molar-refractivity contribution in [1.82, 2.24) is 10.6 Å². The summed E-state index contributed by atoms with van der Waals surface area (Å²) in [6.07, 6.45) is 7.04. The first-order chi connectivity index (χ1) is 5.92. The van der Waals surface area contributed by atoms with Gasteiger partial charge in [0, 0.05) is 12.1 Å². The highest BCUT2D eigenvalue weighted by atomic mass is 15.0. The second kappa shape index (κ2) is 3.75. The highest BCUT2D eigenvalue weighted by molar-refractivity contribution is 4.92. The van der Waals surface area contributed by atoms with Crippen LogP contribution >= 0.6 is 0 Å². The number of fused-ring (bicyclic) bond motifs is 1. The Bertz CT molecular complexity index is 138. The van der Waals surface area contributed by atoms with E-state index >= 15 is 0 Å². The van der Waals surface area contributed by atoms with Crippen LogP contribution in [0, 0.1) is 5.92 Å². The molecule has 1 heterocycles. The Kier molecular flexibility index (Phi) is 2.66. The maximum absolute atomic E-state index is 3.65. The zero-order chi connectivity index (χ0) is 8.39. The van der Waals surface area contributed by atoms with Gasteiger partial charge in [0.2, 0.25) is 0 Å². The van der Waals surface area contributed by atoms with E-state index in [-0.39, 0.29) is 0 Å². The van der Waals surface area contributed by atoms with E-state index in [1.54, 1.807) is 0 Å². The Morgan fingerprint density at radius 3 is 2.83 bits per heavy atom. The number of hydrogen-bond acceptors (Lipinski definition) is 2. The summed E-state index contributed by atoms with van der Waals surface area (Å²) >= 11 is 0. The average molecular weight is 168 g/mol. The van der Waals surface area contributed by atoms with Crippen molar-refractivity contribution in [3.05, 3.63) is 0 Å². The summed E-state index contributed by atoms with van der Waals surface area (Å²) in [5.74, 6) is 0.914. The van der Waals surface area contributed by atoms with E-state index in [0.29, 0.717) is 0 Å². The minimum Gasteiger partial charge on any atom is -0.317 e. The van der Waals surface area contributed by atoms with Crippen molar-refractivity contribution in [2.45, 2.75) is 44.2 Å². The molecule has 2 heteroatoms. The third-order valence-corrected chi connectivity index (χ3v) is 3.57. The highest BCUT2D eigenvalue weighted by Gasteiger charge is 2.33. The van der Waals surface area contributed by atoms with Crippen LogP contribution in [0.3, 0.4) is 0 Å². The average Bonchev–Trinajstić information content (AvgIpc) is 2.17. The number of rotatable bonds is 1. The number of hydrogen-bond donors (Lipinski definition) is 2. The molecule has 12 heavy (non-hydrogen) atoms. The first-order valence-electron chi connectivity index (χ1n) is 5.32. The first-order valence-corrected chi connectivity index (χ1v) is 5.32. The van der Waals surface area contributed by atoms with Crippen LogP contribution < -0.4 is 10.6 Å². The Morgan fingerprint density at radius 1 is 1.17 bits per heavy atom. The lowest BCUT2D eigenvalue weighted by Gasteiger charge is -2.41. The molecule has 1 aliphatic heterocycles. The lowest BCUT2D eigenvalue weighted by molar-refractivity contribution is 0.167. The van der Waals surface area contributed by atoms with Crippen LogP contribution in [0.1, 0.15) is 32.1 Å². The van der Waals surface area contributed by atoms with Gasteiger partial charge in [0.25, 0.3) is 0 Å². The van der Waals surface area contributed by atoms with Crippen LogP contribution in [0.15, 0.2) is 0 Å². The monoisotopic (exact) mass is 168 g/mol. The fourth-order valence-corrected chi connectivity index (χ4v) is 2.89. The fourth-order valence-electron chi connectivity index (χ4n) is 2.89. The molecular weight excluding hydrogens is 148 g/mol. The number of piperidine rings is 1. The van der Waals surface area contributed by atoms with Gasteiger partial charge in [-0.1, -0.05) is 12.8 Å². The highest BCUT2D eigenvalue weighted by Crippen LogP contribution is 2.30. The van der Waals surface area contributed by atoms with Crippen molar-refractivity contribution in [2.24, 2.45) is 5.92 Å². The second-order valence-electron chi connectivity index (χ2n) is 4.19. The molecule has 0 aromatic rings. The molecule has 70 valence electrons. The standard InChI is InChI=1S/C10H20N2/c1-11-9-6-7-12-10-5-3-2-4-8(9)10/h8-12H,2-7H2,1H3/t8-,9-,10-/m1/s1. The summed E-state index contributed by atoms with van der Waals surface area (Å²) in [7, 11) is 2.11. The smallest absolute Gasteiger partial charge is 0.0119 e. The van der Waals surface area contributed by atoms with Crippen LogP contribution in [0.2, 0.25) is 0 Å². The van der Waals surface area contributed by atoms with Crippen LogP contribution in [0.25, 0.3) is 0 Å². The van der Waals surface area contributed by atoms with E-state index in [0.717, 1.165) is 18.0 Å². The van der Waals surface area contributed by atoms with Crippen molar-refractivity contribution in [3.63, 3.8) is 0 Å². The second-order valence-corrected chi connectivity index (χ2v) is 4.19. The van der Waals surface area contributed by atoms with E-state index < -0.39 is 0 Å². The summed E-state index contributed by atoms with van der Waals surface area (Å²) in [4.78, 5) is 0. The Hall–Kier alpha value is -0.0800. The van der Waals surface area contributed by atoms with E-state index in [4.69, 9.17) is 0 Å². The predicted octanol–water partition coefficient (Wildman–Crippen LogP) is 1.13. The van der Waals surface area contributed by atoms with Gasteiger partial charge >= 0.3 is 0 Å². The fraction of sp³-hybridized carbons (Fsp3) is 1.00. The van der Waals surface area contributed by atoms with E-state index in [1.165, 1.54) is 38.6 Å². The molecule has 1 aliphatic carbocycles. The zero-order valence-electron chi connectivity index (χ0n) is 7.97. The molecule has 3 atom stereocenters. The largest absolute Gasteiger partial charge is 0.317 e. The quantitative estimate of drug-likeness (QED) is 0.613. The zero-order valence-corrected chi connectivity index (χ0v) is 7.97. The van der Waals surface area contributed by atoms with Crippen molar-refractivity contribution in [3.8, 4) is 0 Å². The van der Waals surface area contributed by atoms with Gasteiger partial charge in [0.15, 0.2) is 0 Å².